The van der Waals surface area contributed by atoms with E-state index in [4.69, 9.17) is 0 Å². The first-order chi connectivity index (χ1) is 4.60. The summed E-state index contributed by atoms with van der Waals surface area (Å²) < 4.78 is 12.9. The summed E-state index contributed by atoms with van der Waals surface area (Å²) in [5, 5.41) is 3.23. The predicted octanol–water partition coefficient (Wildman–Crippen LogP) is 1.73. The Bertz CT molecular complexity index is 112. The van der Waals surface area contributed by atoms with Gasteiger partial charge in [-0.05, 0) is 24.8 Å². The van der Waals surface area contributed by atoms with E-state index < -0.39 is 6.17 Å². The molecule has 0 radical (unpaired) electrons. The maximum absolute atomic E-state index is 12.9. The van der Waals surface area contributed by atoms with Gasteiger partial charge >= 0.3 is 0 Å². The molecule has 0 aromatic rings. The quantitative estimate of drug-likeness (QED) is 0.547. The molecule has 1 saturated heterocycles. The van der Waals surface area contributed by atoms with E-state index in [1.807, 2.05) is 0 Å². The molecule has 60 valence electrons. The first kappa shape index (κ1) is 7.99. The molecule has 1 N–H and O–H groups in total. The van der Waals surface area contributed by atoms with E-state index in [1.165, 1.54) is 0 Å². The van der Waals surface area contributed by atoms with Crippen LogP contribution < -0.4 is 5.32 Å². The first-order valence-electron chi connectivity index (χ1n) is 3.95. The van der Waals surface area contributed by atoms with Crippen LogP contribution in [0.1, 0.15) is 26.7 Å². The van der Waals surface area contributed by atoms with Gasteiger partial charge in [0.15, 0.2) is 0 Å². The zero-order valence-electron chi connectivity index (χ0n) is 6.78. The highest BCUT2D eigenvalue weighted by Crippen LogP contribution is 2.25. The molecule has 10 heavy (non-hydrogen) atoms. The molecule has 0 spiro atoms. The molecule has 0 saturated carbocycles. The average Bonchev–Trinajstić information content (AvgIpc) is 1.90. The lowest BCUT2D eigenvalue weighted by Gasteiger charge is -2.22. The second-order valence-electron chi connectivity index (χ2n) is 3.93. The summed E-state index contributed by atoms with van der Waals surface area (Å²) in [6.45, 7) is 6.01. The predicted molar refractivity (Wildman–Crippen MR) is 40.8 cm³/mol. The van der Waals surface area contributed by atoms with Crippen LogP contribution in [0.15, 0.2) is 0 Å². The minimum Gasteiger partial charge on any atom is -0.316 e. The molecule has 1 heterocycles. The van der Waals surface area contributed by atoms with Gasteiger partial charge in [0, 0.05) is 6.54 Å². The van der Waals surface area contributed by atoms with Crippen molar-refractivity contribution in [2.45, 2.75) is 32.9 Å². The molecule has 0 amide bonds. The molecule has 0 aromatic heterocycles. The molecule has 1 aliphatic heterocycles. The fourth-order valence-corrected chi connectivity index (χ4v) is 1.46. The summed E-state index contributed by atoms with van der Waals surface area (Å²) in [6.07, 6.45) is 0.800. The summed E-state index contributed by atoms with van der Waals surface area (Å²) >= 11 is 0. The minimum absolute atomic E-state index is 0.149. The Balaban J connectivity index is 2.46. The van der Waals surface area contributed by atoms with Crippen molar-refractivity contribution >= 4 is 0 Å². The number of hydrogen-bond donors (Lipinski definition) is 1. The topological polar surface area (TPSA) is 12.0 Å². The molecule has 1 fully saturated rings. The Hall–Kier alpha value is -0.110. The molecule has 1 rings (SSSR count). The summed E-state index contributed by atoms with van der Waals surface area (Å²) in [5.74, 6) is 0. The zero-order chi connectivity index (χ0) is 7.61. The van der Waals surface area contributed by atoms with Crippen molar-refractivity contribution in [3.63, 3.8) is 0 Å². The summed E-state index contributed by atoms with van der Waals surface area (Å²) in [6, 6.07) is 0. The smallest absolute Gasteiger partial charge is 0.102 e. The molecular formula is C8H16FN. The van der Waals surface area contributed by atoms with Crippen molar-refractivity contribution in [1.29, 1.82) is 0 Å². The Morgan fingerprint density at radius 1 is 1.50 bits per heavy atom. The zero-order valence-corrected chi connectivity index (χ0v) is 6.78. The normalized spacial score (nSPS) is 33.3. The molecule has 1 aliphatic rings. The van der Waals surface area contributed by atoms with Crippen LogP contribution in [-0.4, -0.2) is 19.3 Å². The number of alkyl halides is 1. The second kappa shape index (κ2) is 2.87. The fraction of sp³-hybridized carbons (Fsp3) is 1.00. The largest absolute Gasteiger partial charge is 0.316 e. The van der Waals surface area contributed by atoms with E-state index in [2.05, 4.69) is 19.2 Å². The average molecular weight is 145 g/mol. The van der Waals surface area contributed by atoms with Gasteiger partial charge in [-0.1, -0.05) is 13.8 Å². The van der Waals surface area contributed by atoms with Gasteiger partial charge in [0.25, 0.3) is 0 Å². The summed E-state index contributed by atoms with van der Waals surface area (Å²) in [7, 11) is 0. The van der Waals surface area contributed by atoms with Gasteiger partial charge in [0.1, 0.15) is 6.17 Å². The third-order valence-electron chi connectivity index (χ3n) is 2.01. The van der Waals surface area contributed by atoms with Crippen molar-refractivity contribution < 1.29 is 4.39 Å². The third kappa shape index (κ3) is 2.25. The van der Waals surface area contributed by atoms with E-state index >= 15 is 0 Å². The van der Waals surface area contributed by atoms with Crippen LogP contribution in [0.3, 0.4) is 0 Å². The molecule has 0 aliphatic carbocycles. The van der Waals surface area contributed by atoms with Crippen molar-refractivity contribution in [3.8, 4) is 0 Å². The van der Waals surface area contributed by atoms with Gasteiger partial charge in [0.05, 0.1) is 0 Å². The van der Waals surface area contributed by atoms with Crippen molar-refractivity contribution in [3.05, 3.63) is 0 Å². The van der Waals surface area contributed by atoms with E-state index in [0.29, 0.717) is 12.8 Å². The third-order valence-corrected chi connectivity index (χ3v) is 2.01. The lowest BCUT2D eigenvalue weighted by Crippen LogP contribution is -2.27. The number of rotatable bonds is 0. The van der Waals surface area contributed by atoms with Crippen molar-refractivity contribution in [2.24, 2.45) is 5.41 Å². The van der Waals surface area contributed by atoms with Crippen LogP contribution in [0.4, 0.5) is 4.39 Å². The number of hydrogen-bond acceptors (Lipinski definition) is 1. The maximum Gasteiger partial charge on any atom is 0.102 e. The Labute approximate surface area is 62.0 Å². The standard InChI is InChI=1S/C8H16FN/c1-8(2)5-7(9)3-4-10-6-8/h7,10H,3-6H2,1-2H3. The van der Waals surface area contributed by atoms with E-state index in [1.54, 1.807) is 0 Å². The molecular weight excluding hydrogens is 129 g/mol. The van der Waals surface area contributed by atoms with Gasteiger partial charge in [-0.25, -0.2) is 4.39 Å². The van der Waals surface area contributed by atoms with E-state index in [9.17, 15) is 4.39 Å². The van der Waals surface area contributed by atoms with Crippen LogP contribution in [0.25, 0.3) is 0 Å². The lowest BCUT2D eigenvalue weighted by molar-refractivity contribution is 0.224. The minimum atomic E-state index is -0.593. The van der Waals surface area contributed by atoms with Crippen LogP contribution in [0.5, 0.6) is 0 Å². The lowest BCUT2D eigenvalue weighted by atomic mass is 9.88. The SMILES string of the molecule is CC1(C)CNCCC(F)C1. The van der Waals surface area contributed by atoms with Crippen LogP contribution in [0, 0.1) is 5.41 Å². The molecule has 1 unspecified atom stereocenters. The van der Waals surface area contributed by atoms with Gasteiger partial charge < -0.3 is 5.32 Å². The van der Waals surface area contributed by atoms with Crippen LogP contribution in [0.2, 0.25) is 0 Å². The summed E-state index contributed by atoms with van der Waals surface area (Å²) in [4.78, 5) is 0. The van der Waals surface area contributed by atoms with E-state index in [0.717, 1.165) is 13.1 Å². The van der Waals surface area contributed by atoms with Crippen molar-refractivity contribution in [2.75, 3.05) is 13.1 Å². The van der Waals surface area contributed by atoms with Gasteiger partial charge in [-0.15, -0.1) is 0 Å². The molecule has 1 nitrogen and oxygen atoms in total. The highest BCUT2D eigenvalue weighted by atomic mass is 19.1. The van der Waals surface area contributed by atoms with E-state index in [-0.39, 0.29) is 5.41 Å². The Morgan fingerprint density at radius 2 is 2.20 bits per heavy atom. The first-order valence-corrected chi connectivity index (χ1v) is 3.95. The highest BCUT2D eigenvalue weighted by Gasteiger charge is 2.25. The molecule has 1 atom stereocenters. The molecule has 0 bridgehead atoms. The Morgan fingerprint density at radius 3 is 2.90 bits per heavy atom. The highest BCUT2D eigenvalue weighted by molar-refractivity contribution is 4.79. The Kier molecular flexibility index (Phi) is 2.29. The summed E-state index contributed by atoms with van der Waals surface area (Å²) in [5.41, 5.74) is 0.149. The fourth-order valence-electron chi connectivity index (χ4n) is 1.46. The van der Waals surface area contributed by atoms with Crippen LogP contribution >= 0.6 is 0 Å². The van der Waals surface area contributed by atoms with Crippen LogP contribution in [-0.2, 0) is 0 Å². The monoisotopic (exact) mass is 145 g/mol. The molecule has 0 aromatic carbocycles. The maximum atomic E-state index is 12.9. The van der Waals surface area contributed by atoms with Gasteiger partial charge in [-0.2, -0.15) is 0 Å². The van der Waals surface area contributed by atoms with Gasteiger partial charge in [-0.3, -0.25) is 0 Å². The molecule has 2 heteroatoms. The number of halogens is 1. The van der Waals surface area contributed by atoms with Gasteiger partial charge in [0.2, 0.25) is 0 Å². The second-order valence-corrected chi connectivity index (χ2v) is 3.93. The van der Waals surface area contributed by atoms with Crippen molar-refractivity contribution in [1.82, 2.24) is 5.32 Å². The number of nitrogens with one attached hydrogen (secondary N) is 1.